The third-order valence-corrected chi connectivity index (χ3v) is 9.28. The molecule has 10 heteroatoms. The van der Waals surface area contributed by atoms with Crippen molar-refractivity contribution < 1.29 is 9.53 Å². The van der Waals surface area contributed by atoms with E-state index in [4.69, 9.17) is 9.72 Å². The molecule has 1 amide bonds. The van der Waals surface area contributed by atoms with Crippen molar-refractivity contribution in [1.82, 2.24) is 24.6 Å². The number of aromatic nitrogens is 3. The molecule has 0 spiro atoms. The van der Waals surface area contributed by atoms with Gasteiger partial charge >= 0.3 is 0 Å². The lowest BCUT2D eigenvalue weighted by Crippen LogP contribution is -2.54. The number of anilines is 2. The summed E-state index contributed by atoms with van der Waals surface area (Å²) in [5, 5.41) is 16.1. The van der Waals surface area contributed by atoms with Crippen LogP contribution >= 0.6 is 0 Å². The fourth-order valence-corrected chi connectivity index (χ4v) is 7.00. The first-order valence-electron chi connectivity index (χ1n) is 14.9. The first kappa shape index (κ1) is 28.0. The van der Waals surface area contributed by atoms with Gasteiger partial charge in [0.2, 0.25) is 11.8 Å². The van der Waals surface area contributed by atoms with Crippen molar-refractivity contribution in [2.75, 3.05) is 56.2 Å². The van der Waals surface area contributed by atoms with Gasteiger partial charge in [-0.3, -0.25) is 9.48 Å². The van der Waals surface area contributed by atoms with Crippen LogP contribution in [0, 0.1) is 18.3 Å². The molecular formula is C32H40N8O2. The van der Waals surface area contributed by atoms with E-state index in [0.717, 1.165) is 60.2 Å². The molecule has 2 fully saturated rings. The fraction of sp³-hybridized carbons (Fsp3) is 0.500. The van der Waals surface area contributed by atoms with Crippen molar-refractivity contribution >= 4 is 28.2 Å². The second-order valence-electron chi connectivity index (χ2n) is 11.9. The summed E-state index contributed by atoms with van der Waals surface area (Å²) in [7, 11) is 4.12. The molecule has 0 N–H and O–H groups in total. The molecule has 0 saturated carbocycles. The molecule has 0 aliphatic carbocycles. The topological polar surface area (TPSA) is 93.8 Å². The van der Waals surface area contributed by atoms with Crippen molar-refractivity contribution in [3.63, 3.8) is 0 Å². The van der Waals surface area contributed by atoms with Crippen molar-refractivity contribution in [3.8, 4) is 11.9 Å². The number of fused-ring (bicyclic) bond motifs is 2. The van der Waals surface area contributed by atoms with Crippen LogP contribution in [0.2, 0.25) is 0 Å². The predicted molar refractivity (Wildman–Crippen MR) is 164 cm³/mol. The van der Waals surface area contributed by atoms with E-state index < -0.39 is 0 Å². The lowest BCUT2D eigenvalue weighted by Gasteiger charge is -2.42. The number of nitriles is 1. The standard InChI is InChI=1S/C32H40N8O2/c1-6-28(41)40-15-14-39(18-22(40)3)31-25-11-13-38(29-21(2)9-10-23-17-34-37(5)30(23)29)19-27(25)35-32(26(31)16-33)42-20-24-8-7-12-36(24)4/h6,9-10,17,22,24H,1,7-8,11-15,18-20H2,2-5H3/t22-,24+/m1/s1. The lowest BCUT2D eigenvalue weighted by molar-refractivity contribution is -0.128. The van der Waals surface area contributed by atoms with Crippen LogP contribution in [0.3, 0.4) is 0 Å². The largest absolute Gasteiger partial charge is 0.475 e. The number of hydrogen-bond donors (Lipinski definition) is 0. The molecular weight excluding hydrogens is 528 g/mol. The van der Waals surface area contributed by atoms with Gasteiger partial charge in [-0.1, -0.05) is 18.7 Å². The Kier molecular flexibility index (Phi) is 7.54. The van der Waals surface area contributed by atoms with Crippen LogP contribution in [-0.2, 0) is 24.8 Å². The van der Waals surface area contributed by atoms with Crippen molar-refractivity contribution in [2.45, 2.75) is 51.7 Å². The summed E-state index contributed by atoms with van der Waals surface area (Å²) in [5.74, 6) is 0.362. The number of carbonyl (C=O) groups is 1. The monoisotopic (exact) mass is 568 g/mol. The molecule has 0 bridgehead atoms. The number of pyridine rings is 1. The molecule has 42 heavy (non-hydrogen) atoms. The van der Waals surface area contributed by atoms with Crippen LogP contribution < -0.4 is 14.5 Å². The quantitative estimate of drug-likeness (QED) is 0.418. The number of piperazine rings is 1. The van der Waals surface area contributed by atoms with Gasteiger partial charge in [-0.15, -0.1) is 0 Å². The Morgan fingerprint density at radius 3 is 2.74 bits per heavy atom. The van der Waals surface area contributed by atoms with E-state index in [1.807, 2.05) is 22.8 Å². The zero-order chi connectivity index (χ0) is 29.5. The number of aryl methyl sites for hydroxylation is 2. The van der Waals surface area contributed by atoms with Gasteiger partial charge in [0.1, 0.15) is 18.2 Å². The smallest absolute Gasteiger partial charge is 0.246 e. The molecule has 5 heterocycles. The number of hydrogen-bond acceptors (Lipinski definition) is 8. The second-order valence-corrected chi connectivity index (χ2v) is 11.9. The maximum Gasteiger partial charge on any atom is 0.246 e. The number of rotatable bonds is 6. The minimum absolute atomic E-state index is 0.0127. The first-order chi connectivity index (χ1) is 20.3. The molecule has 220 valence electrons. The Bertz CT molecular complexity index is 1570. The molecule has 2 atom stereocenters. The van der Waals surface area contributed by atoms with Gasteiger partial charge in [0, 0.05) is 56.3 Å². The lowest BCUT2D eigenvalue weighted by atomic mass is 9.96. The van der Waals surface area contributed by atoms with Crippen LogP contribution in [0.4, 0.5) is 11.4 Å². The third-order valence-electron chi connectivity index (χ3n) is 9.28. The van der Waals surface area contributed by atoms with Crippen LogP contribution in [0.25, 0.3) is 10.9 Å². The average molecular weight is 569 g/mol. The molecule has 0 radical (unpaired) electrons. The highest BCUT2D eigenvalue weighted by molar-refractivity contribution is 5.93. The minimum Gasteiger partial charge on any atom is -0.475 e. The van der Waals surface area contributed by atoms with E-state index in [0.29, 0.717) is 50.3 Å². The molecule has 2 aromatic heterocycles. The first-order valence-corrected chi connectivity index (χ1v) is 14.9. The fourth-order valence-electron chi connectivity index (χ4n) is 7.00. The van der Waals surface area contributed by atoms with Crippen molar-refractivity contribution in [2.24, 2.45) is 7.05 Å². The Hall–Kier alpha value is -4.10. The normalized spacial score (nSPS) is 21.0. The van der Waals surface area contributed by atoms with E-state index >= 15 is 0 Å². The van der Waals surface area contributed by atoms with E-state index in [1.165, 1.54) is 17.3 Å². The van der Waals surface area contributed by atoms with Gasteiger partial charge in [0.25, 0.3) is 0 Å². The van der Waals surface area contributed by atoms with E-state index in [1.54, 1.807) is 0 Å². The summed E-state index contributed by atoms with van der Waals surface area (Å²) in [5.41, 5.74) is 6.96. The van der Waals surface area contributed by atoms with E-state index in [-0.39, 0.29) is 11.9 Å². The number of likely N-dealkylation sites (N-methyl/N-ethyl adjacent to an activating group) is 1. The number of nitrogens with zero attached hydrogens (tertiary/aromatic N) is 8. The predicted octanol–water partition coefficient (Wildman–Crippen LogP) is 3.41. The maximum atomic E-state index is 12.5. The van der Waals surface area contributed by atoms with E-state index in [9.17, 15) is 10.1 Å². The highest BCUT2D eigenvalue weighted by Crippen LogP contribution is 2.40. The molecule has 2 saturated heterocycles. The molecule has 3 aliphatic rings. The van der Waals surface area contributed by atoms with Crippen LogP contribution in [0.15, 0.2) is 31.0 Å². The SMILES string of the molecule is C=CC(=O)N1CCN(c2c(C#N)c(OC[C@@H]3CCCN3C)nc3c2CCN(c2c(C)ccc4cnn(C)c24)C3)C[C@H]1C. The number of amides is 1. The molecule has 0 unspecified atom stereocenters. The summed E-state index contributed by atoms with van der Waals surface area (Å²) in [6.45, 7) is 12.7. The highest BCUT2D eigenvalue weighted by atomic mass is 16.5. The Morgan fingerprint density at radius 1 is 1.19 bits per heavy atom. The van der Waals surface area contributed by atoms with Gasteiger partial charge in [-0.25, -0.2) is 4.98 Å². The molecule has 3 aliphatic heterocycles. The molecule has 10 nitrogen and oxygen atoms in total. The molecule has 3 aromatic rings. The number of benzene rings is 1. The van der Waals surface area contributed by atoms with Gasteiger partial charge in [0.05, 0.1) is 35.3 Å². The van der Waals surface area contributed by atoms with Crippen molar-refractivity contribution in [3.05, 3.63) is 53.4 Å². The summed E-state index contributed by atoms with van der Waals surface area (Å²) in [6, 6.07) is 7.05. The highest BCUT2D eigenvalue weighted by Gasteiger charge is 2.34. The molecule has 1 aromatic carbocycles. The summed E-state index contributed by atoms with van der Waals surface area (Å²) < 4.78 is 8.36. The zero-order valence-corrected chi connectivity index (χ0v) is 25.1. The Labute approximate surface area is 247 Å². The summed E-state index contributed by atoms with van der Waals surface area (Å²) >= 11 is 0. The Morgan fingerprint density at radius 2 is 2.02 bits per heavy atom. The van der Waals surface area contributed by atoms with Crippen LogP contribution in [0.5, 0.6) is 5.88 Å². The summed E-state index contributed by atoms with van der Waals surface area (Å²) in [6.07, 6.45) is 6.28. The van der Waals surface area contributed by atoms with E-state index in [2.05, 4.69) is 65.5 Å². The summed E-state index contributed by atoms with van der Waals surface area (Å²) in [4.78, 5) is 26.4. The van der Waals surface area contributed by atoms with Gasteiger partial charge in [-0.2, -0.15) is 10.4 Å². The maximum absolute atomic E-state index is 12.5. The van der Waals surface area contributed by atoms with Gasteiger partial charge in [-0.05, 0) is 58.3 Å². The van der Waals surface area contributed by atoms with Crippen LogP contribution in [-0.4, -0.2) is 88.9 Å². The average Bonchev–Trinajstić information content (AvgIpc) is 3.58. The number of likely N-dealkylation sites (tertiary alicyclic amines) is 1. The zero-order valence-electron chi connectivity index (χ0n) is 25.1. The second kappa shape index (κ2) is 11.3. The van der Waals surface area contributed by atoms with Crippen LogP contribution in [0.1, 0.15) is 42.1 Å². The van der Waals surface area contributed by atoms with Gasteiger partial charge in [0.15, 0.2) is 0 Å². The Balaban J connectivity index is 1.40. The third kappa shape index (κ3) is 4.86. The van der Waals surface area contributed by atoms with Crippen molar-refractivity contribution in [1.29, 1.82) is 5.26 Å². The number of carbonyl (C=O) groups excluding carboxylic acids is 1. The number of ether oxygens (including phenoxy) is 1. The minimum atomic E-state index is -0.0560. The molecule has 6 rings (SSSR count). The van der Waals surface area contributed by atoms with Gasteiger partial charge < -0.3 is 24.3 Å².